The van der Waals surface area contributed by atoms with Crippen molar-refractivity contribution in [3.63, 3.8) is 0 Å². The first-order valence-corrected chi connectivity index (χ1v) is 9.06. The number of rotatable bonds is 1. The van der Waals surface area contributed by atoms with Gasteiger partial charge in [-0.3, -0.25) is 14.5 Å². The van der Waals surface area contributed by atoms with Crippen LogP contribution in [0.3, 0.4) is 0 Å². The highest BCUT2D eigenvalue weighted by Crippen LogP contribution is 2.60. The minimum absolute atomic E-state index is 0.00907. The van der Waals surface area contributed by atoms with Crippen LogP contribution in [0, 0.1) is 30.6 Å². The van der Waals surface area contributed by atoms with Gasteiger partial charge in [-0.25, -0.2) is 0 Å². The Morgan fingerprint density at radius 1 is 0.952 bits per heavy atom. The Morgan fingerprint density at radius 3 is 1.90 bits per heavy atom. The Bertz CT molecular complexity index is 598. The number of hydrogen-bond donors (Lipinski definition) is 0. The van der Waals surface area contributed by atoms with Gasteiger partial charge in [-0.1, -0.05) is 49.6 Å². The molecule has 1 saturated heterocycles. The Labute approximate surface area is 140 Å². The molecule has 3 fully saturated rings. The lowest BCUT2D eigenvalue weighted by molar-refractivity contribution is -0.123. The Hall–Kier alpha value is -0.680. The maximum atomic E-state index is 12.8. The van der Waals surface area contributed by atoms with E-state index in [2.05, 4.69) is 31.9 Å². The van der Waals surface area contributed by atoms with Crippen LogP contribution < -0.4 is 4.90 Å². The van der Waals surface area contributed by atoms with Gasteiger partial charge >= 0.3 is 0 Å². The monoisotopic (exact) mass is 411 g/mol. The molecule has 4 rings (SSSR count). The number of imide groups is 1. The normalized spacial score (nSPS) is 41.0. The van der Waals surface area contributed by atoms with Gasteiger partial charge in [0.05, 0.1) is 17.5 Å². The van der Waals surface area contributed by atoms with Crippen LogP contribution in [-0.2, 0) is 9.59 Å². The fourth-order valence-corrected chi connectivity index (χ4v) is 6.17. The molecule has 1 aromatic rings. The van der Waals surface area contributed by atoms with Crippen LogP contribution in [-0.4, -0.2) is 21.5 Å². The molecule has 0 unspecified atom stereocenters. The Kier molecular flexibility index (Phi) is 3.09. The van der Waals surface area contributed by atoms with Crippen molar-refractivity contribution in [1.29, 1.82) is 0 Å². The minimum Gasteiger partial charge on any atom is -0.274 e. The first kappa shape index (κ1) is 13.9. The van der Waals surface area contributed by atoms with E-state index in [-0.39, 0.29) is 35.5 Å². The topological polar surface area (TPSA) is 37.4 Å². The van der Waals surface area contributed by atoms with Crippen molar-refractivity contribution in [2.45, 2.75) is 23.0 Å². The molecule has 1 aliphatic heterocycles. The van der Waals surface area contributed by atoms with Gasteiger partial charge < -0.3 is 0 Å². The van der Waals surface area contributed by atoms with Crippen molar-refractivity contribution in [3.05, 3.63) is 29.8 Å². The summed E-state index contributed by atoms with van der Waals surface area (Å²) in [6.45, 7) is 2.00. The summed E-state index contributed by atoms with van der Waals surface area (Å²) in [7, 11) is 0. The zero-order valence-electron chi connectivity index (χ0n) is 11.5. The summed E-state index contributed by atoms with van der Waals surface area (Å²) < 4.78 is 0. The van der Waals surface area contributed by atoms with Gasteiger partial charge in [0.25, 0.3) is 0 Å². The zero-order valence-corrected chi connectivity index (χ0v) is 14.7. The van der Waals surface area contributed by atoms with Crippen molar-refractivity contribution >= 4 is 49.4 Å². The molecule has 3 nitrogen and oxygen atoms in total. The SMILES string of the molecule is Cc1ccc(N2C(=O)[C@@H]3[C@H]4C[C@@H]([C@H](Br)[C@H]4Br)[C@@H]3C2=O)cc1. The summed E-state index contributed by atoms with van der Waals surface area (Å²) in [6, 6.07) is 7.62. The number of aryl methyl sites for hydroxylation is 1. The van der Waals surface area contributed by atoms with E-state index in [9.17, 15) is 9.59 Å². The minimum atomic E-state index is -0.137. The summed E-state index contributed by atoms with van der Waals surface area (Å²) in [4.78, 5) is 27.6. The summed E-state index contributed by atoms with van der Waals surface area (Å²) >= 11 is 7.40. The zero-order chi connectivity index (χ0) is 14.9. The molecule has 0 N–H and O–H groups in total. The highest BCUT2D eigenvalue weighted by Gasteiger charge is 2.66. The molecular weight excluding hydrogens is 398 g/mol. The molecule has 2 amide bonds. The number of fused-ring (bicyclic) bond motifs is 5. The first-order valence-electron chi connectivity index (χ1n) is 7.23. The Balaban J connectivity index is 1.73. The maximum absolute atomic E-state index is 12.8. The number of carbonyl (C=O) groups excluding carboxylic acids is 2. The van der Waals surface area contributed by atoms with E-state index >= 15 is 0 Å². The molecule has 5 heteroatoms. The summed E-state index contributed by atoms with van der Waals surface area (Å²) in [5.74, 6) is 0.256. The lowest BCUT2D eigenvalue weighted by Crippen LogP contribution is -2.37. The number of halogens is 2. The van der Waals surface area contributed by atoms with E-state index in [4.69, 9.17) is 0 Å². The van der Waals surface area contributed by atoms with Crippen LogP contribution in [0.5, 0.6) is 0 Å². The van der Waals surface area contributed by atoms with Gasteiger partial charge in [0.15, 0.2) is 0 Å². The largest absolute Gasteiger partial charge is 0.274 e. The molecule has 1 aromatic carbocycles. The molecule has 21 heavy (non-hydrogen) atoms. The molecular formula is C16H15Br2NO2. The lowest BCUT2D eigenvalue weighted by atomic mass is 9.81. The van der Waals surface area contributed by atoms with Gasteiger partial charge in [0.2, 0.25) is 11.8 Å². The molecule has 110 valence electrons. The number of amides is 2. The van der Waals surface area contributed by atoms with E-state index < -0.39 is 0 Å². The summed E-state index contributed by atoms with van der Waals surface area (Å²) in [5.41, 5.74) is 1.83. The molecule has 1 heterocycles. The number of nitrogens with zero attached hydrogens (tertiary/aromatic N) is 1. The predicted octanol–water partition coefficient (Wildman–Crippen LogP) is 3.28. The predicted molar refractivity (Wildman–Crippen MR) is 87.7 cm³/mol. The maximum Gasteiger partial charge on any atom is 0.238 e. The van der Waals surface area contributed by atoms with Crippen molar-refractivity contribution in [2.75, 3.05) is 4.90 Å². The lowest BCUT2D eigenvalue weighted by Gasteiger charge is -2.28. The fourth-order valence-electron chi connectivity index (χ4n) is 4.30. The summed E-state index contributed by atoms with van der Waals surface area (Å²) in [5, 5.41) is 0. The van der Waals surface area contributed by atoms with Crippen LogP contribution in [0.2, 0.25) is 0 Å². The molecule has 2 bridgehead atoms. The fraction of sp³-hybridized carbons (Fsp3) is 0.500. The highest BCUT2D eigenvalue weighted by atomic mass is 79.9. The average molecular weight is 413 g/mol. The van der Waals surface area contributed by atoms with E-state index in [1.165, 1.54) is 4.90 Å². The molecule has 2 aliphatic carbocycles. The molecule has 2 saturated carbocycles. The van der Waals surface area contributed by atoms with Gasteiger partial charge in [0.1, 0.15) is 0 Å². The van der Waals surface area contributed by atoms with Crippen molar-refractivity contribution < 1.29 is 9.59 Å². The first-order chi connectivity index (χ1) is 10.0. The van der Waals surface area contributed by atoms with E-state index in [1.807, 2.05) is 31.2 Å². The number of carbonyl (C=O) groups is 2. The summed E-state index contributed by atoms with van der Waals surface area (Å²) in [6.07, 6.45) is 0.973. The number of alkyl halides is 2. The van der Waals surface area contributed by atoms with Crippen molar-refractivity contribution in [3.8, 4) is 0 Å². The second-order valence-electron chi connectivity index (χ2n) is 6.35. The number of benzene rings is 1. The van der Waals surface area contributed by atoms with Crippen molar-refractivity contribution in [2.24, 2.45) is 23.7 Å². The van der Waals surface area contributed by atoms with Gasteiger partial charge in [-0.2, -0.15) is 0 Å². The third-order valence-electron chi connectivity index (χ3n) is 5.28. The highest BCUT2D eigenvalue weighted by molar-refractivity contribution is 9.12. The average Bonchev–Trinajstić information content (AvgIpc) is 3.06. The van der Waals surface area contributed by atoms with Gasteiger partial charge in [-0.15, -0.1) is 0 Å². The third kappa shape index (κ3) is 1.76. The quantitative estimate of drug-likeness (QED) is 0.524. The third-order valence-corrected chi connectivity index (χ3v) is 8.49. The number of hydrogen-bond acceptors (Lipinski definition) is 2. The van der Waals surface area contributed by atoms with Gasteiger partial charge in [-0.05, 0) is 37.3 Å². The van der Waals surface area contributed by atoms with Crippen LogP contribution >= 0.6 is 31.9 Å². The van der Waals surface area contributed by atoms with E-state index in [1.54, 1.807) is 0 Å². The van der Waals surface area contributed by atoms with E-state index in [0.29, 0.717) is 15.3 Å². The molecule has 0 spiro atoms. The second-order valence-corrected chi connectivity index (χ2v) is 8.47. The van der Waals surface area contributed by atoms with Crippen molar-refractivity contribution in [1.82, 2.24) is 0 Å². The van der Waals surface area contributed by atoms with Crippen LogP contribution in [0.15, 0.2) is 24.3 Å². The van der Waals surface area contributed by atoms with Crippen LogP contribution in [0.1, 0.15) is 12.0 Å². The molecule has 0 aromatic heterocycles. The molecule has 0 radical (unpaired) electrons. The van der Waals surface area contributed by atoms with Crippen LogP contribution in [0.4, 0.5) is 5.69 Å². The van der Waals surface area contributed by atoms with Crippen LogP contribution in [0.25, 0.3) is 0 Å². The standard InChI is InChI=1S/C16H15Br2NO2/c1-7-2-4-8(5-3-7)19-15(20)11-9-6-10(12(11)16(19)21)14(18)13(9)17/h2-5,9-14H,6H2,1H3/t9-,10-,11-,12+,13+,14+/m1/s1. The molecule has 3 aliphatic rings. The smallest absolute Gasteiger partial charge is 0.238 e. The van der Waals surface area contributed by atoms with Gasteiger partial charge in [0, 0.05) is 9.65 Å². The van der Waals surface area contributed by atoms with E-state index in [0.717, 1.165) is 12.0 Å². The Morgan fingerprint density at radius 2 is 1.43 bits per heavy atom. The second kappa shape index (κ2) is 4.66. The number of anilines is 1. The molecule has 6 atom stereocenters.